The SMILES string of the molecule is Cc1ccc(C(=O)NCC2CCCS2)c(Br)c1. The second-order valence-corrected chi connectivity index (χ2v) is 6.59. The number of amides is 1. The molecule has 0 spiro atoms. The van der Waals surface area contributed by atoms with Gasteiger partial charge < -0.3 is 5.32 Å². The molecular formula is C13H16BrNOS. The van der Waals surface area contributed by atoms with Crippen molar-refractivity contribution in [2.24, 2.45) is 0 Å². The highest BCUT2D eigenvalue weighted by atomic mass is 79.9. The van der Waals surface area contributed by atoms with Crippen LogP contribution in [0.1, 0.15) is 28.8 Å². The molecule has 4 heteroatoms. The molecule has 92 valence electrons. The Morgan fingerprint density at radius 1 is 1.59 bits per heavy atom. The summed E-state index contributed by atoms with van der Waals surface area (Å²) in [4.78, 5) is 12.0. The van der Waals surface area contributed by atoms with Crippen LogP contribution >= 0.6 is 27.7 Å². The molecule has 2 rings (SSSR count). The van der Waals surface area contributed by atoms with E-state index in [-0.39, 0.29) is 5.91 Å². The normalized spacial score (nSPS) is 19.3. The minimum Gasteiger partial charge on any atom is -0.351 e. The molecule has 0 aromatic heterocycles. The first-order chi connectivity index (χ1) is 8.16. The third kappa shape index (κ3) is 3.49. The standard InChI is InChI=1S/C13H16BrNOS/c1-9-4-5-11(12(14)7-9)13(16)15-8-10-3-2-6-17-10/h4-5,7,10H,2-3,6,8H2,1H3,(H,15,16). The van der Waals surface area contributed by atoms with Crippen molar-refractivity contribution >= 4 is 33.6 Å². The number of rotatable bonds is 3. The minimum absolute atomic E-state index is 0.0179. The first-order valence-corrected chi connectivity index (χ1v) is 7.67. The Bertz CT molecular complexity index is 416. The van der Waals surface area contributed by atoms with Gasteiger partial charge in [-0.05, 0) is 59.1 Å². The molecule has 17 heavy (non-hydrogen) atoms. The molecule has 1 aliphatic heterocycles. The number of hydrogen-bond donors (Lipinski definition) is 1. The van der Waals surface area contributed by atoms with Gasteiger partial charge in [-0.15, -0.1) is 0 Å². The number of carbonyl (C=O) groups is 1. The summed E-state index contributed by atoms with van der Waals surface area (Å²) in [7, 11) is 0. The highest BCUT2D eigenvalue weighted by Gasteiger charge is 2.17. The van der Waals surface area contributed by atoms with Crippen LogP contribution in [0.3, 0.4) is 0 Å². The summed E-state index contributed by atoms with van der Waals surface area (Å²) < 4.78 is 0.870. The van der Waals surface area contributed by atoms with Crippen molar-refractivity contribution < 1.29 is 4.79 Å². The van der Waals surface area contributed by atoms with Crippen molar-refractivity contribution in [1.82, 2.24) is 5.32 Å². The van der Waals surface area contributed by atoms with Crippen molar-refractivity contribution in [2.45, 2.75) is 25.0 Å². The van der Waals surface area contributed by atoms with E-state index in [4.69, 9.17) is 0 Å². The molecule has 0 saturated carbocycles. The maximum Gasteiger partial charge on any atom is 0.252 e. The average molecular weight is 314 g/mol. The molecule has 1 atom stereocenters. The van der Waals surface area contributed by atoms with Crippen LogP contribution in [0.4, 0.5) is 0 Å². The van der Waals surface area contributed by atoms with Gasteiger partial charge in [0, 0.05) is 16.3 Å². The van der Waals surface area contributed by atoms with Crippen LogP contribution < -0.4 is 5.32 Å². The molecule has 1 fully saturated rings. The van der Waals surface area contributed by atoms with E-state index in [1.54, 1.807) is 0 Å². The zero-order chi connectivity index (χ0) is 12.3. The number of benzene rings is 1. The molecule has 0 bridgehead atoms. The molecule has 1 aliphatic rings. The van der Waals surface area contributed by atoms with E-state index in [1.807, 2.05) is 36.9 Å². The number of halogens is 1. The first-order valence-electron chi connectivity index (χ1n) is 5.83. The lowest BCUT2D eigenvalue weighted by atomic mass is 10.1. The third-order valence-electron chi connectivity index (χ3n) is 2.88. The van der Waals surface area contributed by atoms with Crippen LogP contribution in [0, 0.1) is 6.92 Å². The molecule has 1 aromatic carbocycles. The van der Waals surface area contributed by atoms with Crippen LogP contribution in [0.15, 0.2) is 22.7 Å². The van der Waals surface area contributed by atoms with E-state index in [0.29, 0.717) is 5.25 Å². The number of hydrogen-bond acceptors (Lipinski definition) is 2. The zero-order valence-corrected chi connectivity index (χ0v) is 12.2. The summed E-state index contributed by atoms with van der Waals surface area (Å²) in [5.41, 5.74) is 1.87. The Balaban J connectivity index is 1.94. The zero-order valence-electron chi connectivity index (χ0n) is 9.83. The smallest absolute Gasteiger partial charge is 0.252 e. The van der Waals surface area contributed by atoms with Gasteiger partial charge in [0.05, 0.1) is 5.56 Å². The first kappa shape index (κ1) is 13.0. The molecule has 1 N–H and O–H groups in total. The molecule has 1 heterocycles. The van der Waals surface area contributed by atoms with Crippen molar-refractivity contribution in [3.63, 3.8) is 0 Å². The molecule has 1 amide bonds. The second kappa shape index (κ2) is 5.91. The lowest BCUT2D eigenvalue weighted by Crippen LogP contribution is -2.29. The highest BCUT2D eigenvalue weighted by Crippen LogP contribution is 2.25. The van der Waals surface area contributed by atoms with Gasteiger partial charge in [-0.3, -0.25) is 4.79 Å². The minimum atomic E-state index is 0.0179. The number of aryl methyl sites for hydroxylation is 1. The number of carbonyl (C=O) groups excluding carboxylic acids is 1. The average Bonchev–Trinajstić information content (AvgIpc) is 2.78. The topological polar surface area (TPSA) is 29.1 Å². The van der Waals surface area contributed by atoms with Crippen molar-refractivity contribution in [1.29, 1.82) is 0 Å². The van der Waals surface area contributed by atoms with Gasteiger partial charge in [0.2, 0.25) is 0 Å². The summed E-state index contributed by atoms with van der Waals surface area (Å²) in [5, 5.41) is 3.61. The summed E-state index contributed by atoms with van der Waals surface area (Å²) in [6.45, 7) is 2.80. The molecule has 1 unspecified atom stereocenters. The van der Waals surface area contributed by atoms with E-state index < -0.39 is 0 Å². The predicted octanol–water partition coefficient (Wildman–Crippen LogP) is 3.38. The monoisotopic (exact) mass is 313 g/mol. The van der Waals surface area contributed by atoms with Crippen LogP contribution in [0.5, 0.6) is 0 Å². The maximum absolute atomic E-state index is 12.0. The van der Waals surface area contributed by atoms with Gasteiger partial charge in [0.15, 0.2) is 0 Å². The van der Waals surface area contributed by atoms with Crippen LogP contribution in [-0.4, -0.2) is 23.5 Å². The Morgan fingerprint density at radius 2 is 2.41 bits per heavy atom. The van der Waals surface area contributed by atoms with Crippen LogP contribution in [0.25, 0.3) is 0 Å². The van der Waals surface area contributed by atoms with Gasteiger partial charge in [-0.25, -0.2) is 0 Å². The van der Waals surface area contributed by atoms with Gasteiger partial charge in [-0.2, -0.15) is 11.8 Å². The summed E-state index contributed by atoms with van der Waals surface area (Å²) >= 11 is 5.39. The third-order valence-corrected chi connectivity index (χ3v) is 4.94. The summed E-state index contributed by atoms with van der Waals surface area (Å²) in [6.07, 6.45) is 2.50. The molecule has 1 aromatic rings. The number of nitrogens with one attached hydrogen (secondary N) is 1. The largest absolute Gasteiger partial charge is 0.351 e. The van der Waals surface area contributed by atoms with E-state index in [0.717, 1.165) is 22.1 Å². The van der Waals surface area contributed by atoms with Crippen molar-refractivity contribution in [3.8, 4) is 0 Å². The molecule has 1 saturated heterocycles. The maximum atomic E-state index is 12.0. The molecule has 0 radical (unpaired) electrons. The van der Waals surface area contributed by atoms with Crippen LogP contribution in [0.2, 0.25) is 0 Å². The van der Waals surface area contributed by atoms with Crippen molar-refractivity contribution in [2.75, 3.05) is 12.3 Å². The van der Waals surface area contributed by atoms with Gasteiger partial charge in [0.1, 0.15) is 0 Å². The quantitative estimate of drug-likeness (QED) is 0.927. The Hall–Kier alpha value is -0.480. The lowest BCUT2D eigenvalue weighted by molar-refractivity contribution is 0.0953. The Morgan fingerprint density at radius 3 is 3.06 bits per heavy atom. The Labute approximate surface area is 115 Å². The van der Waals surface area contributed by atoms with Gasteiger partial charge in [0.25, 0.3) is 5.91 Å². The molecule has 2 nitrogen and oxygen atoms in total. The van der Waals surface area contributed by atoms with Gasteiger partial charge in [-0.1, -0.05) is 6.07 Å². The van der Waals surface area contributed by atoms with E-state index in [1.165, 1.54) is 18.6 Å². The fourth-order valence-corrected chi connectivity index (χ4v) is 3.79. The Kier molecular flexibility index (Phi) is 4.51. The van der Waals surface area contributed by atoms with E-state index in [9.17, 15) is 4.79 Å². The van der Waals surface area contributed by atoms with Gasteiger partial charge >= 0.3 is 0 Å². The van der Waals surface area contributed by atoms with E-state index >= 15 is 0 Å². The number of thioether (sulfide) groups is 1. The highest BCUT2D eigenvalue weighted by molar-refractivity contribution is 9.10. The predicted molar refractivity (Wildman–Crippen MR) is 76.7 cm³/mol. The summed E-state index contributed by atoms with van der Waals surface area (Å²) in [5.74, 6) is 1.25. The van der Waals surface area contributed by atoms with Crippen molar-refractivity contribution in [3.05, 3.63) is 33.8 Å². The van der Waals surface area contributed by atoms with Crippen LogP contribution in [-0.2, 0) is 0 Å². The fraction of sp³-hybridized carbons (Fsp3) is 0.462. The van der Waals surface area contributed by atoms with E-state index in [2.05, 4.69) is 21.2 Å². The molecular weight excluding hydrogens is 298 g/mol. The summed E-state index contributed by atoms with van der Waals surface area (Å²) in [6, 6.07) is 5.81. The fourth-order valence-electron chi connectivity index (χ4n) is 1.91. The lowest BCUT2D eigenvalue weighted by Gasteiger charge is -2.11. The second-order valence-electron chi connectivity index (χ2n) is 4.33. The molecule has 0 aliphatic carbocycles.